The Morgan fingerprint density at radius 2 is 1.93 bits per heavy atom. The topological polar surface area (TPSA) is 12.4 Å². The van der Waals surface area contributed by atoms with Crippen molar-refractivity contribution in [3.8, 4) is 0 Å². The van der Waals surface area contributed by atoms with Gasteiger partial charge < -0.3 is 0 Å². The fraction of sp³-hybridized carbons (Fsp3) is 0.462. The second-order valence-electron chi connectivity index (χ2n) is 3.70. The zero-order valence-corrected chi connectivity index (χ0v) is 9.33. The van der Waals surface area contributed by atoms with Gasteiger partial charge in [-0.25, -0.2) is 0 Å². The summed E-state index contributed by atoms with van der Waals surface area (Å²) in [6, 6.07) is 10.7. The molecule has 0 amide bonds. The molecule has 0 bridgehead atoms. The molecule has 0 radical (unpaired) electrons. The lowest BCUT2D eigenvalue weighted by molar-refractivity contribution is 0.808. The Labute approximate surface area is 86.9 Å². The van der Waals surface area contributed by atoms with Gasteiger partial charge in [-0.3, -0.25) is 4.99 Å². The van der Waals surface area contributed by atoms with Gasteiger partial charge in [-0.15, -0.1) is 0 Å². The third-order valence-corrected chi connectivity index (χ3v) is 2.31. The van der Waals surface area contributed by atoms with E-state index >= 15 is 0 Å². The largest absolute Gasteiger partial charge is 0.287 e. The van der Waals surface area contributed by atoms with Crippen molar-refractivity contribution in [3.63, 3.8) is 0 Å². The van der Waals surface area contributed by atoms with Crippen molar-refractivity contribution < 1.29 is 0 Å². The normalized spacial score (nSPS) is 14.1. The second-order valence-corrected chi connectivity index (χ2v) is 3.70. The molecule has 0 fully saturated rings. The van der Waals surface area contributed by atoms with Gasteiger partial charge in [0, 0.05) is 5.71 Å². The lowest BCUT2D eigenvalue weighted by atomic mass is 10.1. The van der Waals surface area contributed by atoms with Crippen molar-refractivity contribution in [2.45, 2.75) is 39.7 Å². The highest BCUT2D eigenvalue weighted by Gasteiger charge is 2.01. The Balaban J connectivity index is 2.67. The van der Waals surface area contributed by atoms with Crippen LogP contribution in [-0.4, -0.2) is 5.71 Å². The molecule has 1 aromatic rings. The molecule has 1 aromatic carbocycles. The third kappa shape index (κ3) is 3.33. The Morgan fingerprint density at radius 3 is 2.50 bits per heavy atom. The van der Waals surface area contributed by atoms with Gasteiger partial charge in [-0.1, -0.05) is 43.7 Å². The number of benzene rings is 1. The van der Waals surface area contributed by atoms with Crippen molar-refractivity contribution in [3.05, 3.63) is 35.9 Å². The van der Waals surface area contributed by atoms with E-state index in [0.29, 0.717) is 6.04 Å². The molecule has 0 unspecified atom stereocenters. The summed E-state index contributed by atoms with van der Waals surface area (Å²) >= 11 is 0. The van der Waals surface area contributed by atoms with Gasteiger partial charge in [-0.2, -0.15) is 0 Å². The van der Waals surface area contributed by atoms with Gasteiger partial charge in [0.1, 0.15) is 0 Å². The van der Waals surface area contributed by atoms with E-state index in [1.807, 2.05) is 6.07 Å². The van der Waals surface area contributed by atoms with Crippen LogP contribution in [0.25, 0.3) is 0 Å². The zero-order valence-electron chi connectivity index (χ0n) is 9.33. The summed E-state index contributed by atoms with van der Waals surface area (Å²) in [5.74, 6) is 0. The minimum Gasteiger partial charge on any atom is -0.287 e. The van der Waals surface area contributed by atoms with Gasteiger partial charge in [-0.05, 0) is 25.8 Å². The monoisotopic (exact) mass is 189 g/mol. The van der Waals surface area contributed by atoms with E-state index in [4.69, 9.17) is 0 Å². The van der Waals surface area contributed by atoms with Gasteiger partial charge in [0.25, 0.3) is 0 Å². The van der Waals surface area contributed by atoms with Crippen molar-refractivity contribution in [1.29, 1.82) is 0 Å². The fourth-order valence-electron chi connectivity index (χ4n) is 1.56. The van der Waals surface area contributed by atoms with Crippen LogP contribution in [0.5, 0.6) is 0 Å². The molecule has 0 saturated carbocycles. The molecule has 0 N–H and O–H groups in total. The summed E-state index contributed by atoms with van der Waals surface area (Å²) in [4.78, 5) is 4.65. The number of rotatable bonds is 4. The molecule has 0 aliphatic carbocycles. The van der Waals surface area contributed by atoms with Crippen molar-refractivity contribution in [2.75, 3.05) is 0 Å². The van der Waals surface area contributed by atoms with Gasteiger partial charge in [0.2, 0.25) is 0 Å². The molecule has 0 saturated heterocycles. The maximum absolute atomic E-state index is 4.65. The molecule has 1 heteroatoms. The molecule has 0 spiro atoms. The highest BCUT2D eigenvalue weighted by Crippen LogP contribution is 2.16. The van der Waals surface area contributed by atoms with Crippen LogP contribution in [-0.2, 0) is 0 Å². The smallest absolute Gasteiger partial charge is 0.0720 e. The quantitative estimate of drug-likeness (QED) is 0.635. The maximum atomic E-state index is 4.65. The van der Waals surface area contributed by atoms with Crippen LogP contribution < -0.4 is 0 Å². The molecule has 0 aliphatic rings. The average molecular weight is 189 g/mol. The summed E-state index contributed by atoms with van der Waals surface area (Å²) in [6.45, 7) is 6.45. The number of nitrogens with zero attached hydrogens (tertiary/aromatic N) is 1. The first-order valence-corrected chi connectivity index (χ1v) is 5.32. The fourth-order valence-corrected chi connectivity index (χ4v) is 1.56. The van der Waals surface area contributed by atoms with Gasteiger partial charge >= 0.3 is 0 Å². The van der Waals surface area contributed by atoms with Crippen molar-refractivity contribution in [2.24, 2.45) is 4.99 Å². The summed E-state index contributed by atoms with van der Waals surface area (Å²) < 4.78 is 0. The number of hydrogen-bond donors (Lipinski definition) is 0. The van der Waals surface area contributed by atoms with Crippen LogP contribution in [0.1, 0.15) is 45.2 Å². The zero-order chi connectivity index (χ0) is 10.4. The summed E-state index contributed by atoms with van der Waals surface area (Å²) in [7, 11) is 0. The standard InChI is InChI=1S/C13H19N/c1-4-8-11(2)14-12(3)13-9-6-5-7-10-13/h5-7,9-10,12H,4,8H2,1-3H3/t12-/m1/s1. The molecule has 0 aliphatic heterocycles. The van der Waals surface area contributed by atoms with E-state index in [2.05, 4.69) is 50.0 Å². The summed E-state index contributed by atoms with van der Waals surface area (Å²) in [5, 5.41) is 0. The van der Waals surface area contributed by atoms with Crippen LogP contribution in [0.4, 0.5) is 0 Å². The Bertz CT molecular complexity index is 287. The van der Waals surface area contributed by atoms with Gasteiger partial charge in [0.05, 0.1) is 6.04 Å². The maximum Gasteiger partial charge on any atom is 0.0720 e. The second kappa shape index (κ2) is 5.58. The van der Waals surface area contributed by atoms with Crippen LogP contribution in [0, 0.1) is 0 Å². The third-order valence-electron chi connectivity index (χ3n) is 2.31. The predicted molar refractivity (Wildman–Crippen MR) is 62.9 cm³/mol. The average Bonchev–Trinajstić information content (AvgIpc) is 2.19. The SMILES string of the molecule is CCCC(C)=N[C@H](C)c1ccccc1. The molecule has 1 rings (SSSR count). The molecule has 14 heavy (non-hydrogen) atoms. The first-order chi connectivity index (χ1) is 6.74. The molecule has 76 valence electrons. The molecule has 1 atom stereocenters. The van der Waals surface area contributed by atoms with E-state index in [9.17, 15) is 0 Å². The van der Waals surface area contributed by atoms with E-state index < -0.39 is 0 Å². The number of aliphatic imine (C=N–C) groups is 1. The van der Waals surface area contributed by atoms with Crippen LogP contribution >= 0.6 is 0 Å². The minimum absolute atomic E-state index is 0.294. The molecular weight excluding hydrogens is 170 g/mol. The lowest BCUT2D eigenvalue weighted by Crippen LogP contribution is -1.96. The molecule has 0 heterocycles. The Hall–Kier alpha value is -1.11. The predicted octanol–water partition coefficient (Wildman–Crippen LogP) is 4.01. The van der Waals surface area contributed by atoms with Crippen LogP contribution in [0.2, 0.25) is 0 Å². The van der Waals surface area contributed by atoms with E-state index in [1.54, 1.807) is 0 Å². The Kier molecular flexibility index (Phi) is 4.37. The molecule has 0 aromatic heterocycles. The molecular formula is C13H19N. The molecule has 1 nitrogen and oxygen atoms in total. The van der Waals surface area contributed by atoms with Crippen LogP contribution in [0.15, 0.2) is 35.3 Å². The van der Waals surface area contributed by atoms with E-state index in [0.717, 1.165) is 6.42 Å². The van der Waals surface area contributed by atoms with E-state index in [-0.39, 0.29) is 0 Å². The lowest BCUT2D eigenvalue weighted by Gasteiger charge is -2.08. The van der Waals surface area contributed by atoms with Crippen molar-refractivity contribution in [1.82, 2.24) is 0 Å². The minimum atomic E-state index is 0.294. The van der Waals surface area contributed by atoms with Crippen molar-refractivity contribution >= 4 is 5.71 Å². The van der Waals surface area contributed by atoms with Gasteiger partial charge in [0.15, 0.2) is 0 Å². The first kappa shape index (κ1) is 11.0. The summed E-state index contributed by atoms with van der Waals surface area (Å²) in [6.07, 6.45) is 2.29. The first-order valence-electron chi connectivity index (χ1n) is 5.32. The Morgan fingerprint density at radius 1 is 1.29 bits per heavy atom. The number of hydrogen-bond acceptors (Lipinski definition) is 1. The highest BCUT2D eigenvalue weighted by atomic mass is 14.8. The van der Waals surface area contributed by atoms with E-state index in [1.165, 1.54) is 17.7 Å². The van der Waals surface area contributed by atoms with Crippen LogP contribution in [0.3, 0.4) is 0 Å². The summed E-state index contributed by atoms with van der Waals surface area (Å²) in [5.41, 5.74) is 2.55. The highest BCUT2D eigenvalue weighted by molar-refractivity contribution is 5.82.